The van der Waals surface area contributed by atoms with Crippen molar-refractivity contribution in [2.45, 2.75) is 25.2 Å². The minimum Gasteiger partial charge on any atom is -0.482 e. The average Bonchev–Trinajstić information content (AvgIpc) is 3.05. The number of thioether (sulfide) groups is 1. The van der Waals surface area contributed by atoms with Crippen LogP contribution >= 0.6 is 58.2 Å². The quantitative estimate of drug-likeness (QED) is 0.139. The smallest absolute Gasteiger partial charge is 0.341 e. The van der Waals surface area contributed by atoms with Crippen molar-refractivity contribution in [2.75, 3.05) is 12.4 Å². The van der Waals surface area contributed by atoms with Crippen molar-refractivity contribution in [3.63, 3.8) is 0 Å². The predicted molar refractivity (Wildman–Crippen MR) is 195 cm³/mol. The molecule has 0 amide bonds. The average molecular weight is 709 g/mol. The van der Waals surface area contributed by atoms with Gasteiger partial charge in [-0.2, -0.15) is 0 Å². The van der Waals surface area contributed by atoms with Crippen LogP contribution in [0.4, 0.5) is 0 Å². The number of rotatable bonds is 11. The molecule has 5 rings (SSSR count). The van der Waals surface area contributed by atoms with Crippen LogP contribution < -0.4 is 4.74 Å². The minimum atomic E-state index is -1.00. The van der Waals surface area contributed by atoms with E-state index in [1.807, 2.05) is 49.4 Å². The van der Waals surface area contributed by atoms with Gasteiger partial charge in [-0.3, -0.25) is 0 Å². The molecule has 0 fully saturated rings. The molecule has 0 aliphatic heterocycles. The summed E-state index contributed by atoms with van der Waals surface area (Å²) in [6.45, 7) is 3.72. The third-order valence-electron chi connectivity index (χ3n) is 7.52. The fourth-order valence-corrected chi connectivity index (χ4v) is 7.09. The zero-order chi connectivity index (χ0) is 32.8. The van der Waals surface area contributed by atoms with Crippen LogP contribution in [0.5, 0.6) is 5.75 Å². The number of benzene rings is 5. The van der Waals surface area contributed by atoms with Gasteiger partial charge in [0.2, 0.25) is 0 Å². The van der Waals surface area contributed by atoms with Crippen LogP contribution in [-0.2, 0) is 4.79 Å². The SMILES string of the molecule is CCC(CSc1ccc(OCC(=O)O)c(C)c1)=C(c1ccc(-c2cc(Cl)ccc2Cl)cc1)c1ccc(-c2cc(Cl)ccc2Cl)cc1. The molecule has 0 radical (unpaired) electrons. The predicted octanol–water partition coefficient (Wildman–Crippen LogP) is 12.4. The Morgan fingerprint density at radius 1 is 0.717 bits per heavy atom. The van der Waals surface area contributed by atoms with Crippen LogP contribution in [0, 0.1) is 6.92 Å². The maximum absolute atomic E-state index is 10.9. The molecule has 234 valence electrons. The molecule has 8 heteroatoms. The molecule has 0 saturated carbocycles. The van der Waals surface area contributed by atoms with E-state index in [4.69, 9.17) is 56.2 Å². The number of aryl methyl sites for hydroxylation is 1. The molecule has 3 nitrogen and oxygen atoms in total. The Kier molecular flexibility index (Phi) is 11.4. The first-order valence-electron chi connectivity index (χ1n) is 14.5. The third-order valence-corrected chi connectivity index (χ3v) is 9.73. The highest BCUT2D eigenvalue weighted by atomic mass is 35.5. The second-order valence-corrected chi connectivity index (χ2v) is 13.4. The van der Waals surface area contributed by atoms with Crippen LogP contribution in [-0.4, -0.2) is 23.4 Å². The number of aliphatic carboxylic acids is 1. The highest BCUT2D eigenvalue weighted by Gasteiger charge is 2.15. The molecule has 0 aromatic heterocycles. The largest absolute Gasteiger partial charge is 0.482 e. The minimum absolute atomic E-state index is 0.371. The Balaban J connectivity index is 1.52. The van der Waals surface area contributed by atoms with Crippen molar-refractivity contribution >= 4 is 69.7 Å². The summed E-state index contributed by atoms with van der Waals surface area (Å²) in [7, 11) is 0. The summed E-state index contributed by atoms with van der Waals surface area (Å²) in [4.78, 5) is 12.0. The first kappa shape index (κ1) is 34.0. The Labute approximate surface area is 293 Å². The van der Waals surface area contributed by atoms with Crippen LogP contribution in [0.25, 0.3) is 27.8 Å². The first-order chi connectivity index (χ1) is 22.1. The summed E-state index contributed by atoms with van der Waals surface area (Å²) in [6.07, 6.45) is 0.838. The van der Waals surface area contributed by atoms with Gasteiger partial charge in [0, 0.05) is 41.9 Å². The van der Waals surface area contributed by atoms with Gasteiger partial charge in [0.25, 0.3) is 0 Å². The molecule has 0 saturated heterocycles. The van der Waals surface area contributed by atoms with Gasteiger partial charge in [-0.15, -0.1) is 11.8 Å². The fraction of sp³-hybridized carbons (Fsp3) is 0.132. The van der Waals surface area contributed by atoms with Crippen molar-refractivity contribution in [3.8, 4) is 28.0 Å². The topological polar surface area (TPSA) is 46.5 Å². The lowest BCUT2D eigenvalue weighted by molar-refractivity contribution is -0.139. The van der Waals surface area contributed by atoms with E-state index in [0.717, 1.165) is 61.6 Å². The van der Waals surface area contributed by atoms with E-state index in [1.54, 1.807) is 23.9 Å². The van der Waals surface area contributed by atoms with Crippen molar-refractivity contribution in [2.24, 2.45) is 0 Å². The van der Waals surface area contributed by atoms with E-state index >= 15 is 0 Å². The molecular formula is C38H30Cl4O3S. The van der Waals surface area contributed by atoms with Crippen molar-refractivity contribution in [3.05, 3.63) is 145 Å². The Morgan fingerprint density at radius 2 is 1.24 bits per heavy atom. The Bertz CT molecular complexity index is 1800. The maximum Gasteiger partial charge on any atom is 0.341 e. The number of carboxylic acid groups (broad SMARTS) is 1. The molecule has 5 aromatic rings. The van der Waals surface area contributed by atoms with Crippen LogP contribution in [0.3, 0.4) is 0 Å². The van der Waals surface area contributed by atoms with Gasteiger partial charge in [-0.25, -0.2) is 4.79 Å². The molecule has 0 bridgehead atoms. The van der Waals surface area contributed by atoms with Gasteiger partial charge in [-0.05, 0) is 101 Å². The number of halogens is 4. The maximum atomic E-state index is 10.9. The molecule has 46 heavy (non-hydrogen) atoms. The lowest BCUT2D eigenvalue weighted by atomic mass is 9.90. The van der Waals surface area contributed by atoms with Crippen molar-refractivity contribution in [1.29, 1.82) is 0 Å². The van der Waals surface area contributed by atoms with E-state index in [1.165, 1.54) is 5.57 Å². The second kappa shape index (κ2) is 15.5. The Morgan fingerprint density at radius 3 is 1.70 bits per heavy atom. The summed E-state index contributed by atoms with van der Waals surface area (Å²) in [5, 5.41) is 11.5. The highest BCUT2D eigenvalue weighted by Crippen LogP contribution is 2.38. The van der Waals surface area contributed by atoms with Gasteiger partial charge in [0.05, 0.1) is 0 Å². The fourth-order valence-electron chi connectivity index (χ4n) is 5.18. The summed E-state index contributed by atoms with van der Waals surface area (Å²) < 4.78 is 5.42. The summed E-state index contributed by atoms with van der Waals surface area (Å²) in [5.74, 6) is 0.318. The van der Waals surface area contributed by atoms with Crippen LogP contribution in [0.2, 0.25) is 20.1 Å². The number of ether oxygens (including phenoxy) is 1. The summed E-state index contributed by atoms with van der Waals surface area (Å²) >= 11 is 27.3. The molecule has 0 spiro atoms. The van der Waals surface area contributed by atoms with Gasteiger partial charge < -0.3 is 9.84 Å². The Hall–Kier alpha value is -3.38. The lowest BCUT2D eigenvalue weighted by Gasteiger charge is -2.18. The van der Waals surface area contributed by atoms with E-state index in [-0.39, 0.29) is 6.61 Å². The van der Waals surface area contributed by atoms with Gasteiger partial charge >= 0.3 is 5.97 Å². The number of hydrogen-bond donors (Lipinski definition) is 1. The second-order valence-electron chi connectivity index (χ2n) is 10.6. The monoisotopic (exact) mass is 706 g/mol. The molecule has 0 aliphatic carbocycles. The summed E-state index contributed by atoms with van der Waals surface area (Å²) in [6, 6.07) is 33.6. The van der Waals surface area contributed by atoms with Crippen molar-refractivity contribution in [1.82, 2.24) is 0 Å². The molecule has 0 heterocycles. The molecule has 0 unspecified atom stereocenters. The van der Waals surface area contributed by atoms with E-state index < -0.39 is 5.97 Å². The zero-order valence-electron chi connectivity index (χ0n) is 25.1. The number of hydrogen-bond acceptors (Lipinski definition) is 3. The van der Waals surface area contributed by atoms with Gasteiger partial charge in [0.1, 0.15) is 5.75 Å². The molecule has 1 N–H and O–H groups in total. The molecule has 0 aliphatic rings. The van der Waals surface area contributed by atoms with Gasteiger partial charge in [-0.1, -0.05) is 107 Å². The molecular weight excluding hydrogens is 678 g/mol. The first-order valence-corrected chi connectivity index (χ1v) is 17.0. The normalized spacial score (nSPS) is 10.9. The highest BCUT2D eigenvalue weighted by molar-refractivity contribution is 7.99. The van der Waals surface area contributed by atoms with E-state index in [9.17, 15) is 4.79 Å². The number of carbonyl (C=O) groups is 1. The summed E-state index contributed by atoms with van der Waals surface area (Å²) in [5.41, 5.74) is 9.21. The third kappa shape index (κ3) is 8.31. The van der Waals surface area contributed by atoms with Crippen molar-refractivity contribution < 1.29 is 14.6 Å². The molecule has 5 aromatic carbocycles. The van der Waals surface area contributed by atoms with E-state index in [2.05, 4.69) is 55.5 Å². The van der Waals surface area contributed by atoms with Crippen LogP contribution in [0.15, 0.2) is 114 Å². The zero-order valence-corrected chi connectivity index (χ0v) is 29.0. The number of carboxylic acids is 1. The van der Waals surface area contributed by atoms with E-state index in [0.29, 0.717) is 25.8 Å². The van der Waals surface area contributed by atoms with Gasteiger partial charge in [0.15, 0.2) is 6.61 Å². The standard InChI is InChI=1S/C38H30Cl4O3S/c1-3-24(22-46-31-14-17-36(23(2)18-31)45-21-37(43)44)38(27-8-4-25(5-9-27)32-19-29(39)12-15-34(32)41)28-10-6-26(7-11-28)33-20-30(40)13-16-35(33)42/h4-20H,3,21-22H2,1-2H3,(H,43,44). The van der Waals surface area contributed by atoms with Crippen LogP contribution in [0.1, 0.15) is 30.0 Å². The lowest BCUT2D eigenvalue weighted by Crippen LogP contribution is -2.10. The molecule has 0 atom stereocenters.